The van der Waals surface area contributed by atoms with E-state index in [0.29, 0.717) is 5.92 Å². The molecule has 0 aliphatic heterocycles. The van der Waals surface area contributed by atoms with Crippen molar-refractivity contribution in [1.29, 1.82) is 0 Å². The monoisotopic (exact) mass is 362 g/mol. The van der Waals surface area contributed by atoms with E-state index in [1.165, 1.54) is 27.8 Å². The van der Waals surface area contributed by atoms with Crippen LogP contribution in [0.15, 0.2) is 42.5 Å². The van der Waals surface area contributed by atoms with E-state index in [2.05, 4.69) is 66.5 Å². The molecule has 0 fully saturated rings. The summed E-state index contributed by atoms with van der Waals surface area (Å²) in [6.45, 7) is 4.45. The summed E-state index contributed by atoms with van der Waals surface area (Å²) in [5.41, 5.74) is 6.18. The zero-order chi connectivity index (χ0) is 19.2. The molecule has 1 atom stereocenters. The van der Waals surface area contributed by atoms with Crippen molar-refractivity contribution >= 4 is 5.91 Å². The van der Waals surface area contributed by atoms with Crippen molar-refractivity contribution in [2.45, 2.75) is 57.0 Å². The molecule has 27 heavy (non-hydrogen) atoms. The van der Waals surface area contributed by atoms with Gasteiger partial charge in [-0.3, -0.25) is 9.69 Å². The van der Waals surface area contributed by atoms with E-state index in [0.717, 1.165) is 25.7 Å². The van der Waals surface area contributed by atoms with Gasteiger partial charge in [-0.25, -0.2) is 0 Å². The Morgan fingerprint density at radius 3 is 2.33 bits per heavy atom. The van der Waals surface area contributed by atoms with Crippen LogP contribution in [0.4, 0.5) is 0 Å². The number of amides is 1. The van der Waals surface area contributed by atoms with Crippen LogP contribution in [0.5, 0.6) is 0 Å². The summed E-state index contributed by atoms with van der Waals surface area (Å²) < 4.78 is 0. The quantitative estimate of drug-likeness (QED) is 0.891. The summed E-state index contributed by atoms with van der Waals surface area (Å²) in [6.07, 6.45) is 3.62. The maximum atomic E-state index is 13.5. The van der Waals surface area contributed by atoms with E-state index in [1.807, 2.05) is 14.1 Å². The average molecular weight is 363 g/mol. The van der Waals surface area contributed by atoms with E-state index in [9.17, 15) is 4.79 Å². The summed E-state index contributed by atoms with van der Waals surface area (Å²) in [5.74, 6) is 0.668. The highest BCUT2D eigenvalue weighted by molar-refractivity contribution is 5.88. The largest absolute Gasteiger partial charge is 0.348 e. The molecule has 0 radical (unpaired) electrons. The first kappa shape index (κ1) is 18.2. The minimum Gasteiger partial charge on any atom is -0.348 e. The molecule has 2 aliphatic carbocycles. The molecule has 0 saturated carbocycles. The molecule has 142 valence electrons. The SMILES string of the molecule is CC(C)c1ccc2c(c1)C(NC(=O)C1(N(C)C)Cc3ccccc3C1)CC2. The van der Waals surface area contributed by atoms with Crippen molar-refractivity contribution in [2.75, 3.05) is 14.1 Å². The number of benzene rings is 2. The van der Waals surface area contributed by atoms with Gasteiger partial charge in [0, 0.05) is 12.8 Å². The highest BCUT2D eigenvalue weighted by atomic mass is 16.2. The van der Waals surface area contributed by atoms with Gasteiger partial charge in [0.25, 0.3) is 0 Å². The molecule has 0 bridgehead atoms. The lowest BCUT2D eigenvalue weighted by Gasteiger charge is -2.36. The van der Waals surface area contributed by atoms with Crippen molar-refractivity contribution in [1.82, 2.24) is 10.2 Å². The van der Waals surface area contributed by atoms with E-state index in [-0.39, 0.29) is 11.9 Å². The highest BCUT2D eigenvalue weighted by Crippen LogP contribution is 2.37. The van der Waals surface area contributed by atoms with Gasteiger partial charge in [-0.1, -0.05) is 56.3 Å². The molecule has 0 spiro atoms. The summed E-state index contributed by atoms with van der Waals surface area (Å²) in [4.78, 5) is 15.6. The fourth-order valence-corrected chi connectivity index (χ4v) is 4.70. The summed E-state index contributed by atoms with van der Waals surface area (Å²) in [6, 6.07) is 15.4. The van der Waals surface area contributed by atoms with Crippen LogP contribution in [0.2, 0.25) is 0 Å². The first-order valence-electron chi connectivity index (χ1n) is 10.1. The number of likely N-dealkylation sites (N-methyl/N-ethyl adjacent to an activating group) is 1. The Kier molecular flexibility index (Phi) is 4.59. The zero-order valence-electron chi connectivity index (χ0n) is 16.9. The number of nitrogens with one attached hydrogen (secondary N) is 1. The molecule has 2 aromatic rings. The van der Waals surface area contributed by atoms with Crippen LogP contribution in [0.1, 0.15) is 60.0 Å². The van der Waals surface area contributed by atoms with Gasteiger partial charge in [-0.05, 0) is 60.7 Å². The van der Waals surface area contributed by atoms with E-state index < -0.39 is 5.54 Å². The summed E-state index contributed by atoms with van der Waals surface area (Å²) >= 11 is 0. The Bertz CT molecular complexity index is 843. The average Bonchev–Trinajstić information content (AvgIpc) is 3.23. The minimum atomic E-state index is -0.484. The van der Waals surface area contributed by atoms with Crippen molar-refractivity contribution in [3.63, 3.8) is 0 Å². The van der Waals surface area contributed by atoms with Crippen LogP contribution in [0.25, 0.3) is 0 Å². The van der Waals surface area contributed by atoms with Gasteiger partial charge in [-0.15, -0.1) is 0 Å². The van der Waals surface area contributed by atoms with Gasteiger partial charge >= 0.3 is 0 Å². The predicted octanol–water partition coefficient (Wildman–Crippen LogP) is 4.01. The molecule has 0 heterocycles. The lowest BCUT2D eigenvalue weighted by atomic mass is 9.91. The molecule has 1 amide bonds. The Balaban J connectivity index is 1.59. The van der Waals surface area contributed by atoms with Gasteiger partial charge in [-0.2, -0.15) is 0 Å². The Morgan fingerprint density at radius 2 is 1.74 bits per heavy atom. The van der Waals surface area contributed by atoms with Crippen molar-refractivity contribution < 1.29 is 4.79 Å². The second-order valence-corrected chi connectivity index (χ2v) is 8.73. The van der Waals surface area contributed by atoms with Gasteiger partial charge in [0.05, 0.1) is 6.04 Å². The Labute approximate surface area is 162 Å². The molecular weight excluding hydrogens is 332 g/mol. The normalized spacial score (nSPS) is 20.0. The summed E-state index contributed by atoms with van der Waals surface area (Å²) in [5, 5.41) is 3.42. The molecule has 2 aliphatic rings. The van der Waals surface area contributed by atoms with Crippen LogP contribution in [-0.4, -0.2) is 30.4 Å². The standard InChI is InChI=1S/C24H30N2O/c1-16(2)18-10-9-17-11-12-22(21(17)13-18)25-23(27)24(26(3)4)14-19-7-5-6-8-20(19)15-24/h5-10,13,16,22H,11-12,14-15H2,1-4H3,(H,25,27). The van der Waals surface area contributed by atoms with Gasteiger partial charge < -0.3 is 5.32 Å². The molecule has 3 nitrogen and oxygen atoms in total. The lowest BCUT2D eigenvalue weighted by molar-refractivity contribution is -0.132. The van der Waals surface area contributed by atoms with Crippen LogP contribution in [-0.2, 0) is 24.1 Å². The number of aryl methyl sites for hydroxylation is 1. The third-order valence-electron chi connectivity index (χ3n) is 6.58. The van der Waals surface area contributed by atoms with Gasteiger partial charge in [0.15, 0.2) is 0 Å². The Morgan fingerprint density at radius 1 is 1.07 bits per heavy atom. The molecule has 0 saturated heterocycles. The highest BCUT2D eigenvalue weighted by Gasteiger charge is 2.46. The molecule has 2 aromatic carbocycles. The molecule has 0 aromatic heterocycles. The zero-order valence-corrected chi connectivity index (χ0v) is 16.9. The first-order chi connectivity index (χ1) is 12.9. The maximum Gasteiger partial charge on any atom is 0.241 e. The number of nitrogens with zero attached hydrogens (tertiary/aromatic N) is 1. The van der Waals surface area contributed by atoms with E-state index in [1.54, 1.807) is 0 Å². The number of hydrogen-bond donors (Lipinski definition) is 1. The predicted molar refractivity (Wildman–Crippen MR) is 110 cm³/mol. The smallest absolute Gasteiger partial charge is 0.241 e. The number of carbonyl (C=O) groups excluding carboxylic acids is 1. The third-order valence-corrected chi connectivity index (χ3v) is 6.58. The topological polar surface area (TPSA) is 32.3 Å². The first-order valence-corrected chi connectivity index (χ1v) is 10.1. The molecule has 3 heteroatoms. The fraction of sp³-hybridized carbons (Fsp3) is 0.458. The number of rotatable bonds is 4. The number of hydrogen-bond acceptors (Lipinski definition) is 2. The molecule has 1 unspecified atom stereocenters. The number of carbonyl (C=O) groups is 1. The van der Waals surface area contributed by atoms with E-state index >= 15 is 0 Å². The van der Waals surface area contributed by atoms with Gasteiger partial charge in [0.2, 0.25) is 5.91 Å². The van der Waals surface area contributed by atoms with Crippen LogP contribution >= 0.6 is 0 Å². The number of fused-ring (bicyclic) bond motifs is 2. The van der Waals surface area contributed by atoms with Crippen molar-refractivity contribution in [2.24, 2.45) is 0 Å². The Hall–Kier alpha value is -2.13. The lowest BCUT2D eigenvalue weighted by Crippen LogP contribution is -2.57. The second-order valence-electron chi connectivity index (χ2n) is 8.73. The molecular formula is C24H30N2O. The van der Waals surface area contributed by atoms with Crippen molar-refractivity contribution in [3.05, 3.63) is 70.3 Å². The second kappa shape index (κ2) is 6.79. The third kappa shape index (κ3) is 3.08. The maximum absolute atomic E-state index is 13.5. The van der Waals surface area contributed by atoms with Crippen LogP contribution in [0, 0.1) is 0 Å². The fourth-order valence-electron chi connectivity index (χ4n) is 4.70. The minimum absolute atomic E-state index is 0.131. The van der Waals surface area contributed by atoms with Crippen LogP contribution in [0.3, 0.4) is 0 Å². The van der Waals surface area contributed by atoms with E-state index in [4.69, 9.17) is 0 Å². The van der Waals surface area contributed by atoms with Gasteiger partial charge in [0.1, 0.15) is 5.54 Å². The molecule has 4 rings (SSSR count). The summed E-state index contributed by atoms with van der Waals surface area (Å²) in [7, 11) is 4.07. The van der Waals surface area contributed by atoms with Crippen LogP contribution < -0.4 is 5.32 Å². The van der Waals surface area contributed by atoms with Crippen molar-refractivity contribution in [3.8, 4) is 0 Å². The molecule has 1 N–H and O–H groups in total.